The first-order valence-corrected chi connectivity index (χ1v) is 12.0. The van der Waals surface area contributed by atoms with E-state index in [-0.39, 0.29) is 25.9 Å². The number of rotatable bonds is 8. The Hall–Kier alpha value is -3.11. The molecule has 36 heavy (non-hydrogen) atoms. The lowest BCUT2D eigenvalue weighted by Gasteiger charge is -2.28. The Kier molecular flexibility index (Phi) is 10.5. The summed E-state index contributed by atoms with van der Waals surface area (Å²) in [5.74, 6) is -2.34. The summed E-state index contributed by atoms with van der Waals surface area (Å²) in [6.07, 6.45) is 2.25. The zero-order valence-electron chi connectivity index (χ0n) is 22.9. The van der Waals surface area contributed by atoms with Gasteiger partial charge >= 0.3 is 18.0 Å². The number of carbonyl (C=O) groups excluding carboxylic acids is 5. The Morgan fingerprint density at radius 3 is 1.97 bits per heavy atom. The van der Waals surface area contributed by atoms with E-state index in [9.17, 15) is 24.0 Å². The van der Waals surface area contributed by atoms with E-state index in [1.54, 1.807) is 68.4 Å². The van der Waals surface area contributed by atoms with Gasteiger partial charge in [0.05, 0.1) is 0 Å². The molecule has 2 N–H and O–H groups in total. The van der Waals surface area contributed by atoms with Crippen LogP contribution < -0.4 is 10.6 Å². The maximum Gasteiger partial charge on any atom is 0.408 e. The number of amides is 3. The van der Waals surface area contributed by atoms with Crippen molar-refractivity contribution in [3.8, 4) is 0 Å². The molecule has 0 spiro atoms. The van der Waals surface area contributed by atoms with E-state index in [1.165, 1.54) is 11.0 Å². The number of nitrogens with one attached hydrogen (secondary N) is 2. The summed E-state index contributed by atoms with van der Waals surface area (Å²) in [5.41, 5.74) is -2.22. The molecule has 0 fully saturated rings. The number of hydrogen-bond donors (Lipinski definition) is 2. The van der Waals surface area contributed by atoms with Crippen molar-refractivity contribution in [3.63, 3.8) is 0 Å². The molecule has 1 heterocycles. The van der Waals surface area contributed by atoms with Crippen molar-refractivity contribution in [3.05, 3.63) is 12.2 Å². The van der Waals surface area contributed by atoms with E-state index < -0.39 is 58.7 Å². The van der Waals surface area contributed by atoms with Gasteiger partial charge in [0, 0.05) is 13.0 Å². The van der Waals surface area contributed by atoms with Crippen LogP contribution >= 0.6 is 0 Å². The number of ether oxygens (including phenoxy) is 3. The van der Waals surface area contributed by atoms with Crippen LogP contribution in [0.25, 0.3) is 0 Å². The molecule has 3 amide bonds. The first-order chi connectivity index (χ1) is 16.3. The lowest BCUT2D eigenvalue weighted by molar-refractivity contribution is -0.160. The highest BCUT2D eigenvalue weighted by molar-refractivity contribution is 5.94. The molecule has 0 bridgehead atoms. The Morgan fingerprint density at radius 2 is 1.44 bits per heavy atom. The van der Waals surface area contributed by atoms with Crippen LogP contribution in [0.4, 0.5) is 4.79 Å². The topological polar surface area (TPSA) is 140 Å². The molecule has 11 nitrogen and oxygen atoms in total. The minimum atomic E-state index is -1.13. The van der Waals surface area contributed by atoms with Gasteiger partial charge in [-0.2, -0.15) is 0 Å². The van der Waals surface area contributed by atoms with E-state index in [4.69, 9.17) is 14.2 Å². The van der Waals surface area contributed by atoms with Gasteiger partial charge in [0.2, 0.25) is 11.8 Å². The van der Waals surface area contributed by atoms with Crippen LogP contribution in [0.2, 0.25) is 0 Å². The molecule has 1 aliphatic heterocycles. The highest BCUT2D eigenvalue weighted by atomic mass is 16.6. The fourth-order valence-corrected chi connectivity index (χ4v) is 3.10. The van der Waals surface area contributed by atoms with Crippen LogP contribution in [0, 0.1) is 0 Å². The van der Waals surface area contributed by atoms with Gasteiger partial charge in [-0.05, 0) is 68.7 Å². The van der Waals surface area contributed by atoms with Crippen LogP contribution in [0.1, 0.15) is 75.2 Å². The van der Waals surface area contributed by atoms with Crippen LogP contribution in [-0.2, 0) is 33.4 Å². The molecule has 1 aliphatic rings. The molecule has 0 aromatic heterocycles. The second kappa shape index (κ2) is 12.2. The van der Waals surface area contributed by atoms with Crippen molar-refractivity contribution in [2.45, 2.75) is 104 Å². The zero-order valence-corrected chi connectivity index (χ0v) is 22.9. The maximum atomic E-state index is 13.0. The molecule has 0 saturated heterocycles. The average Bonchev–Trinajstić information content (AvgIpc) is 3.15. The zero-order chi connectivity index (χ0) is 27.9. The lowest BCUT2D eigenvalue weighted by Crippen LogP contribution is -2.53. The van der Waals surface area contributed by atoms with Crippen LogP contribution in [-0.4, -0.2) is 76.7 Å². The Morgan fingerprint density at radius 1 is 0.889 bits per heavy atom. The molecule has 0 aliphatic carbocycles. The summed E-state index contributed by atoms with van der Waals surface area (Å²) in [6, 6.07) is -2.13. The van der Waals surface area contributed by atoms with Gasteiger partial charge in [0.15, 0.2) is 0 Å². The number of alkyl carbamates (subject to hydrolysis) is 1. The minimum absolute atomic E-state index is 0.0415. The second-order valence-corrected chi connectivity index (χ2v) is 11.5. The monoisotopic (exact) mass is 511 g/mol. The summed E-state index contributed by atoms with van der Waals surface area (Å²) >= 11 is 0. The number of hydrogen-bond acceptors (Lipinski definition) is 8. The second-order valence-electron chi connectivity index (χ2n) is 11.5. The fourth-order valence-electron chi connectivity index (χ4n) is 3.10. The fraction of sp³-hybridized carbons (Fsp3) is 0.720. The third-order valence-corrected chi connectivity index (χ3v) is 4.39. The molecular formula is C25H41N3O8. The molecule has 1 rings (SSSR count). The SMILES string of the molecule is CC(C)(C)OC(=O)CC[C@@H](NC(=O)[C@@H]1C=CCN1C(=O)CNC(=O)OC(C)(C)C)C(=O)OC(C)(C)C. The van der Waals surface area contributed by atoms with E-state index in [0.717, 1.165) is 0 Å². The highest BCUT2D eigenvalue weighted by Crippen LogP contribution is 2.16. The summed E-state index contributed by atoms with van der Waals surface area (Å²) in [5, 5.41) is 4.98. The molecule has 11 heteroatoms. The molecule has 0 unspecified atom stereocenters. The van der Waals surface area contributed by atoms with Gasteiger partial charge in [0.25, 0.3) is 0 Å². The van der Waals surface area contributed by atoms with Gasteiger partial charge in [-0.25, -0.2) is 9.59 Å². The van der Waals surface area contributed by atoms with Crippen molar-refractivity contribution in [2.75, 3.05) is 13.1 Å². The summed E-state index contributed by atoms with van der Waals surface area (Å²) in [7, 11) is 0. The Labute approximate surface area is 213 Å². The Balaban J connectivity index is 2.85. The van der Waals surface area contributed by atoms with E-state index in [0.29, 0.717) is 0 Å². The van der Waals surface area contributed by atoms with Gasteiger partial charge in [-0.15, -0.1) is 0 Å². The molecule has 2 atom stereocenters. The largest absolute Gasteiger partial charge is 0.460 e. The smallest absolute Gasteiger partial charge is 0.408 e. The molecule has 0 radical (unpaired) electrons. The van der Waals surface area contributed by atoms with Crippen molar-refractivity contribution in [1.82, 2.24) is 15.5 Å². The van der Waals surface area contributed by atoms with E-state index in [1.807, 2.05) is 0 Å². The predicted molar refractivity (Wildman–Crippen MR) is 132 cm³/mol. The van der Waals surface area contributed by atoms with E-state index in [2.05, 4.69) is 10.6 Å². The quantitative estimate of drug-likeness (QED) is 0.287. The minimum Gasteiger partial charge on any atom is -0.460 e. The van der Waals surface area contributed by atoms with Crippen molar-refractivity contribution in [2.24, 2.45) is 0 Å². The molecular weight excluding hydrogens is 470 g/mol. The Bertz CT molecular complexity index is 862. The third-order valence-electron chi connectivity index (χ3n) is 4.39. The molecule has 0 saturated carbocycles. The molecule has 0 aromatic rings. The first-order valence-electron chi connectivity index (χ1n) is 12.0. The lowest BCUT2D eigenvalue weighted by atomic mass is 10.1. The van der Waals surface area contributed by atoms with Gasteiger partial charge < -0.3 is 29.7 Å². The predicted octanol–water partition coefficient (Wildman–Crippen LogP) is 2.23. The summed E-state index contributed by atoms with van der Waals surface area (Å²) in [4.78, 5) is 63.8. The summed E-state index contributed by atoms with van der Waals surface area (Å²) in [6.45, 7) is 15.1. The standard InChI is InChI=1S/C25H41N3O8/c1-23(2,3)34-19(30)13-12-16(21(32)35-24(4,5)6)27-20(31)17-11-10-14-28(17)18(29)15-26-22(33)36-25(7,8)9/h10-11,16-17H,12-15H2,1-9H3,(H,26,33)(H,27,31)/t16-,17+/m1/s1. The van der Waals surface area contributed by atoms with Crippen LogP contribution in [0.5, 0.6) is 0 Å². The number of esters is 2. The normalized spacial score (nSPS) is 16.7. The summed E-state index contributed by atoms with van der Waals surface area (Å²) < 4.78 is 15.8. The number of nitrogens with zero attached hydrogens (tertiary/aromatic N) is 1. The van der Waals surface area contributed by atoms with Crippen LogP contribution in [0.15, 0.2) is 12.2 Å². The maximum absolute atomic E-state index is 13.0. The molecule has 204 valence electrons. The van der Waals surface area contributed by atoms with Crippen LogP contribution in [0.3, 0.4) is 0 Å². The number of carbonyl (C=O) groups is 5. The average molecular weight is 512 g/mol. The van der Waals surface area contributed by atoms with Crippen molar-refractivity contribution >= 4 is 29.8 Å². The van der Waals surface area contributed by atoms with Gasteiger partial charge in [-0.3, -0.25) is 14.4 Å². The molecule has 0 aromatic carbocycles. The highest BCUT2D eigenvalue weighted by Gasteiger charge is 2.35. The van der Waals surface area contributed by atoms with Gasteiger partial charge in [0.1, 0.15) is 35.4 Å². The third kappa shape index (κ3) is 12.0. The van der Waals surface area contributed by atoms with E-state index >= 15 is 0 Å². The van der Waals surface area contributed by atoms with Crippen molar-refractivity contribution in [1.29, 1.82) is 0 Å². The first kappa shape index (κ1) is 30.9. The van der Waals surface area contributed by atoms with Crippen molar-refractivity contribution < 1.29 is 38.2 Å². The van der Waals surface area contributed by atoms with Gasteiger partial charge in [-0.1, -0.05) is 12.2 Å².